The summed E-state index contributed by atoms with van der Waals surface area (Å²) in [6.07, 6.45) is 65.3. The van der Waals surface area contributed by atoms with Crippen LogP contribution in [0.15, 0.2) is 48.6 Å². The Balaban J connectivity index is 5.33. The summed E-state index contributed by atoms with van der Waals surface area (Å²) < 4.78 is 68.5. The number of carbonyl (C=O) groups is 4. The molecule has 0 aromatic carbocycles. The summed E-state index contributed by atoms with van der Waals surface area (Å²) in [6.45, 7) is 7.16. The second kappa shape index (κ2) is 70.1. The predicted octanol–water partition coefficient (Wildman–Crippen LogP) is 22.4. The van der Waals surface area contributed by atoms with Gasteiger partial charge in [-0.3, -0.25) is 37.3 Å². The van der Waals surface area contributed by atoms with Gasteiger partial charge in [-0.1, -0.05) is 308 Å². The number of carbonyl (C=O) groups excluding carboxylic acids is 4. The molecule has 0 radical (unpaired) electrons. The lowest BCUT2D eigenvalue weighted by Crippen LogP contribution is -2.30. The number of unbranched alkanes of at least 4 members (excludes halogenated alkanes) is 40. The lowest BCUT2D eigenvalue weighted by atomic mass is 10.0. The highest BCUT2D eigenvalue weighted by Gasteiger charge is 2.30. The molecule has 0 aromatic rings. The highest BCUT2D eigenvalue weighted by molar-refractivity contribution is 7.47. The van der Waals surface area contributed by atoms with Gasteiger partial charge in [-0.25, -0.2) is 9.13 Å². The van der Waals surface area contributed by atoms with Crippen LogP contribution in [0.1, 0.15) is 362 Å². The predicted molar refractivity (Wildman–Crippen MR) is 395 cm³/mol. The van der Waals surface area contributed by atoms with E-state index in [2.05, 4.69) is 83.2 Å². The maximum Gasteiger partial charge on any atom is 0.472 e. The fraction of sp³-hybridized carbons (Fsp3) is 0.846. The van der Waals surface area contributed by atoms with Crippen molar-refractivity contribution in [3.05, 3.63) is 48.6 Å². The fourth-order valence-corrected chi connectivity index (χ4v) is 12.6. The lowest BCUT2D eigenvalue weighted by Gasteiger charge is -2.21. The first kappa shape index (κ1) is 94.0. The second-order valence-corrected chi connectivity index (χ2v) is 30.1. The first-order valence-electron chi connectivity index (χ1n) is 39.3. The molecule has 5 atom stereocenters. The number of hydrogen-bond acceptors (Lipinski definition) is 15. The van der Waals surface area contributed by atoms with Gasteiger partial charge in [0.15, 0.2) is 12.2 Å². The van der Waals surface area contributed by atoms with E-state index in [0.29, 0.717) is 25.7 Å². The summed E-state index contributed by atoms with van der Waals surface area (Å²) in [5, 5.41) is 10.6. The fourth-order valence-electron chi connectivity index (χ4n) is 11.0. The largest absolute Gasteiger partial charge is 0.472 e. The molecule has 0 fully saturated rings. The van der Waals surface area contributed by atoms with Gasteiger partial charge in [0.05, 0.1) is 26.4 Å². The van der Waals surface area contributed by atoms with Crippen molar-refractivity contribution in [1.82, 2.24) is 0 Å². The highest BCUT2D eigenvalue weighted by Crippen LogP contribution is 2.45. The lowest BCUT2D eigenvalue weighted by molar-refractivity contribution is -0.161. The van der Waals surface area contributed by atoms with Crippen LogP contribution in [-0.4, -0.2) is 96.7 Å². The smallest absolute Gasteiger partial charge is 0.462 e. The summed E-state index contributed by atoms with van der Waals surface area (Å²) in [7, 11) is -9.94. The van der Waals surface area contributed by atoms with E-state index in [1.807, 2.05) is 0 Å². The molecular formula is C78H144O17P2. The molecule has 0 amide bonds. The number of hydrogen-bond donors (Lipinski definition) is 3. The van der Waals surface area contributed by atoms with E-state index in [-0.39, 0.29) is 25.7 Å². The van der Waals surface area contributed by atoms with Gasteiger partial charge in [0, 0.05) is 25.7 Å². The Kier molecular flexibility index (Phi) is 67.9. The third-order valence-electron chi connectivity index (χ3n) is 17.0. The molecule has 0 aliphatic carbocycles. The SMILES string of the molecule is CCCCCC/C=C\C=C/CCCCCCCC(=O)OC[C@H](COP(=O)(O)OC[C@@H](O)COP(=O)(O)OC[C@@H](COC(=O)CCCCCCCCCCCC(C)C)OC(=O)CCCCCCCCCCCCCCCCC)OC(=O)CCCCCCC/C=C\C=C/CCCCCC. The van der Waals surface area contributed by atoms with Crippen LogP contribution in [0.2, 0.25) is 0 Å². The minimum absolute atomic E-state index is 0.0783. The zero-order valence-electron chi connectivity index (χ0n) is 62.2. The molecule has 3 N–H and O–H groups in total. The summed E-state index contributed by atoms with van der Waals surface area (Å²) >= 11 is 0. The van der Waals surface area contributed by atoms with Gasteiger partial charge >= 0.3 is 39.5 Å². The standard InChI is InChI=1S/C78H144O17P2/c1-6-9-12-15-18-21-24-27-30-33-36-41-46-51-56-61-75(80)88-67-73(94-77(82)63-58-53-48-42-37-34-31-28-25-22-19-16-13-10-7-2)69-92-96(84,85)90-65-72(79)66-91-97(86,87)93-70-74(68-89-76(81)62-57-52-47-44-39-40-45-50-55-60-71(4)5)95-78(83)64-59-54-49-43-38-35-32-29-26-23-20-17-14-11-8-3/h21-22,24-25,27-28,30-31,71-74,79H,6-20,23,26,29,32-70H2,1-5H3,(H,84,85)(H,86,87)/b24-21-,25-22-,30-27-,31-28-/t72-,73-,74-/m1/s1. The van der Waals surface area contributed by atoms with Gasteiger partial charge < -0.3 is 33.8 Å². The van der Waals surface area contributed by atoms with Crippen molar-refractivity contribution in [1.29, 1.82) is 0 Å². The van der Waals surface area contributed by atoms with Gasteiger partial charge in [0.1, 0.15) is 19.3 Å². The van der Waals surface area contributed by atoms with Crippen molar-refractivity contribution < 1.29 is 80.2 Å². The molecule has 0 spiro atoms. The number of esters is 4. The summed E-state index contributed by atoms with van der Waals surface area (Å²) in [4.78, 5) is 72.9. The van der Waals surface area contributed by atoms with Crippen molar-refractivity contribution in [3.63, 3.8) is 0 Å². The Morgan fingerprint density at radius 3 is 0.845 bits per heavy atom. The Labute approximate surface area is 591 Å². The van der Waals surface area contributed by atoms with Crippen LogP contribution in [0.4, 0.5) is 0 Å². The van der Waals surface area contributed by atoms with Crippen LogP contribution in [0.3, 0.4) is 0 Å². The van der Waals surface area contributed by atoms with E-state index in [0.717, 1.165) is 128 Å². The van der Waals surface area contributed by atoms with Crippen molar-refractivity contribution >= 4 is 39.5 Å². The first-order chi connectivity index (χ1) is 47.0. The summed E-state index contributed by atoms with van der Waals surface area (Å²) in [6, 6.07) is 0. The zero-order valence-corrected chi connectivity index (χ0v) is 64.0. The Hall–Kier alpha value is -2.98. The van der Waals surface area contributed by atoms with Gasteiger partial charge in [-0.2, -0.15) is 0 Å². The van der Waals surface area contributed by atoms with E-state index < -0.39 is 97.5 Å². The van der Waals surface area contributed by atoms with Gasteiger partial charge in [-0.05, 0) is 83.0 Å². The monoisotopic (exact) mass is 1410 g/mol. The van der Waals surface area contributed by atoms with Gasteiger partial charge in [0.2, 0.25) is 0 Å². The number of ether oxygens (including phenoxy) is 4. The molecule has 0 aliphatic rings. The molecular weight excluding hydrogens is 1270 g/mol. The van der Waals surface area contributed by atoms with E-state index in [1.54, 1.807) is 0 Å². The molecule has 2 unspecified atom stereocenters. The van der Waals surface area contributed by atoms with Crippen LogP contribution in [0.25, 0.3) is 0 Å². The molecule has 19 heteroatoms. The third-order valence-corrected chi connectivity index (χ3v) is 18.9. The van der Waals surface area contributed by atoms with Crippen molar-refractivity contribution in [2.45, 2.75) is 380 Å². The Morgan fingerprint density at radius 1 is 0.320 bits per heavy atom. The van der Waals surface area contributed by atoms with Crippen LogP contribution in [-0.2, 0) is 65.4 Å². The van der Waals surface area contributed by atoms with Gasteiger partial charge in [-0.15, -0.1) is 0 Å². The molecule has 17 nitrogen and oxygen atoms in total. The van der Waals surface area contributed by atoms with Crippen LogP contribution in [0.5, 0.6) is 0 Å². The summed E-state index contributed by atoms with van der Waals surface area (Å²) in [5.74, 6) is -1.43. The minimum Gasteiger partial charge on any atom is -0.462 e. The normalized spacial score (nSPS) is 14.2. The molecule has 0 aliphatic heterocycles. The molecule has 97 heavy (non-hydrogen) atoms. The maximum absolute atomic E-state index is 13.1. The molecule has 0 heterocycles. The average Bonchev–Trinajstić information content (AvgIpc) is 1.70. The topological polar surface area (TPSA) is 237 Å². The van der Waals surface area contributed by atoms with Crippen LogP contribution < -0.4 is 0 Å². The second-order valence-electron chi connectivity index (χ2n) is 27.2. The highest BCUT2D eigenvalue weighted by atomic mass is 31.2. The summed E-state index contributed by atoms with van der Waals surface area (Å²) in [5.41, 5.74) is 0. The quantitative estimate of drug-likeness (QED) is 0.0169. The molecule has 0 rings (SSSR count). The number of rotatable bonds is 74. The van der Waals surface area contributed by atoms with Gasteiger partial charge in [0.25, 0.3) is 0 Å². The zero-order chi connectivity index (χ0) is 71.2. The Bertz CT molecular complexity index is 2050. The van der Waals surface area contributed by atoms with E-state index in [9.17, 15) is 43.2 Å². The van der Waals surface area contributed by atoms with Crippen LogP contribution >= 0.6 is 15.6 Å². The number of aliphatic hydroxyl groups is 1. The third kappa shape index (κ3) is 71.2. The Morgan fingerprint density at radius 2 is 0.557 bits per heavy atom. The maximum atomic E-state index is 13.1. The molecule has 0 bridgehead atoms. The van der Waals surface area contributed by atoms with Crippen molar-refractivity contribution in [2.75, 3.05) is 39.6 Å². The first-order valence-corrected chi connectivity index (χ1v) is 42.3. The molecule has 568 valence electrons. The number of phosphoric acid groups is 2. The number of phosphoric ester groups is 2. The minimum atomic E-state index is -4.97. The number of allylic oxidation sites excluding steroid dienone is 8. The molecule has 0 saturated carbocycles. The van der Waals surface area contributed by atoms with E-state index in [1.165, 1.54) is 154 Å². The van der Waals surface area contributed by atoms with Crippen molar-refractivity contribution in [3.8, 4) is 0 Å². The van der Waals surface area contributed by atoms with Crippen molar-refractivity contribution in [2.24, 2.45) is 5.92 Å². The van der Waals surface area contributed by atoms with Crippen LogP contribution in [0, 0.1) is 5.92 Å². The van der Waals surface area contributed by atoms with E-state index >= 15 is 0 Å². The average molecular weight is 1420 g/mol. The van der Waals surface area contributed by atoms with E-state index in [4.69, 9.17) is 37.0 Å². The number of aliphatic hydroxyl groups excluding tert-OH is 1. The molecule has 0 saturated heterocycles. The molecule has 0 aromatic heterocycles.